The molecule has 2 heterocycles. The summed E-state index contributed by atoms with van der Waals surface area (Å²) in [6, 6.07) is 2.21. The number of hydrogen-bond donors (Lipinski definition) is 2. The number of carboxylic acids is 1. The zero-order valence-electron chi connectivity index (χ0n) is 11.4. The van der Waals surface area contributed by atoms with E-state index in [9.17, 15) is 19.2 Å². The number of amides is 1. The van der Waals surface area contributed by atoms with Crippen LogP contribution in [0.3, 0.4) is 0 Å². The van der Waals surface area contributed by atoms with Crippen molar-refractivity contribution >= 4 is 11.9 Å². The lowest BCUT2D eigenvalue weighted by Gasteiger charge is -2.32. The molecule has 0 saturated carbocycles. The topological polar surface area (TPSA) is 112 Å². The number of aliphatic carboxylic acids is 1. The Morgan fingerprint density at radius 3 is 2.81 bits per heavy atom. The molecule has 21 heavy (non-hydrogen) atoms. The van der Waals surface area contributed by atoms with Crippen LogP contribution < -0.4 is 11.1 Å². The van der Waals surface area contributed by atoms with Crippen LogP contribution in [0.1, 0.15) is 19.3 Å². The van der Waals surface area contributed by atoms with Crippen molar-refractivity contribution in [3.63, 3.8) is 0 Å². The summed E-state index contributed by atoms with van der Waals surface area (Å²) < 4.78 is 0.964. The predicted octanol–water partition coefficient (Wildman–Crippen LogP) is -0.750. The van der Waals surface area contributed by atoms with Gasteiger partial charge in [0, 0.05) is 31.6 Å². The van der Waals surface area contributed by atoms with Crippen LogP contribution in [0.5, 0.6) is 0 Å². The lowest BCUT2D eigenvalue weighted by Crippen LogP contribution is -2.44. The fourth-order valence-electron chi connectivity index (χ4n) is 2.52. The van der Waals surface area contributed by atoms with Crippen molar-refractivity contribution in [2.75, 3.05) is 13.1 Å². The van der Waals surface area contributed by atoms with Gasteiger partial charge in [0.1, 0.15) is 6.54 Å². The second-order valence-corrected chi connectivity index (χ2v) is 5.18. The number of piperidine rings is 1. The summed E-state index contributed by atoms with van der Waals surface area (Å²) >= 11 is 0. The largest absolute Gasteiger partial charge is 0.481 e. The summed E-state index contributed by atoms with van der Waals surface area (Å²) in [6.07, 6.45) is 1.55. The Bertz CT molecular complexity index is 648. The highest BCUT2D eigenvalue weighted by molar-refractivity contribution is 5.76. The van der Waals surface area contributed by atoms with E-state index in [-0.39, 0.29) is 24.8 Å². The first-order valence-electron chi connectivity index (χ1n) is 6.75. The molecular weight excluding hydrogens is 278 g/mol. The van der Waals surface area contributed by atoms with Gasteiger partial charge in [-0.2, -0.15) is 0 Å². The zero-order valence-corrected chi connectivity index (χ0v) is 11.4. The minimum Gasteiger partial charge on any atom is -0.481 e. The highest BCUT2D eigenvalue weighted by atomic mass is 16.4. The second kappa shape index (κ2) is 6.38. The van der Waals surface area contributed by atoms with Gasteiger partial charge in [0.15, 0.2) is 0 Å². The number of aromatic nitrogens is 2. The summed E-state index contributed by atoms with van der Waals surface area (Å²) in [5.74, 6) is -1.24. The SMILES string of the molecule is O=C(O)CC1CCCN(C(=O)Cn2[nH]c(=O)ccc2=O)C1. The van der Waals surface area contributed by atoms with E-state index < -0.39 is 17.1 Å². The Morgan fingerprint density at radius 2 is 2.10 bits per heavy atom. The fraction of sp³-hybridized carbons (Fsp3) is 0.538. The van der Waals surface area contributed by atoms with Gasteiger partial charge in [-0.3, -0.25) is 24.3 Å². The Hall–Kier alpha value is -2.38. The van der Waals surface area contributed by atoms with E-state index in [0.29, 0.717) is 13.1 Å². The molecule has 1 amide bonds. The third-order valence-electron chi connectivity index (χ3n) is 3.52. The van der Waals surface area contributed by atoms with Gasteiger partial charge in [0.05, 0.1) is 0 Å². The molecule has 1 unspecified atom stereocenters. The number of carbonyl (C=O) groups excluding carboxylic acids is 1. The third-order valence-corrected chi connectivity index (χ3v) is 3.52. The van der Waals surface area contributed by atoms with E-state index in [2.05, 4.69) is 5.10 Å². The standard InChI is InChI=1S/C13H17N3O5/c17-10-3-4-11(18)16(14-10)8-12(19)15-5-1-2-9(7-15)6-13(20)21/h3-4,9H,1-2,5-8H2,(H,14,17)(H,20,21). The van der Waals surface area contributed by atoms with Gasteiger partial charge in [0.2, 0.25) is 5.91 Å². The summed E-state index contributed by atoms with van der Waals surface area (Å²) in [5.41, 5.74) is -0.910. The van der Waals surface area contributed by atoms with Crippen LogP contribution in [0.25, 0.3) is 0 Å². The van der Waals surface area contributed by atoms with Crippen LogP contribution in [0, 0.1) is 5.92 Å². The monoisotopic (exact) mass is 295 g/mol. The van der Waals surface area contributed by atoms with Crippen LogP contribution >= 0.6 is 0 Å². The Kier molecular flexibility index (Phi) is 4.56. The summed E-state index contributed by atoms with van der Waals surface area (Å²) in [4.78, 5) is 47.2. The van der Waals surface area contributed by atoms with Gasteiger partial charge in [-0.05, 0) is 18.8 Å². The van der Waals surface area contributed by atoms with Crippen LogP contribution in [-0.2, 0) is 16.1 Å². The molecule has 1 atom stereocenters. The average Bonchev–Trinajstić information content (AvgIpc) is 2.42. The summed E-state index contributed by atoms with van der Waals surface area (Å²) in [7, 11) is 0. The molecule has 1 aliphatic rings. The van der Waals surface area contributed by atoms with Gasteiger partial charge in [-0.1, -0.05) is 0 Å². The van der Waals surface area contributed by atoms with Gasteiger partial charge in [-0.15, -0.1) is 0 Å². The number of carbonyl (C=O) groups is 2. The molecule has 8 heteroatoms. The van der Waals surface area contributed by atoms with Gasteiger partial charge in [0.25, 0.3) is 11.1 Å². The first kappa shape index (κ1) is 15.0. The molecule has 0 radical (unpaired) electrons. The predicted molar refractivity (Wildman–Crippen MR) is 72.9 cm³/mol. The lowest BCUT2D eigenvalue weighted by atomic mass is 9.95. The van der Waals surface area contributed by atoms with Crippen LogP contribution in [0.15, 0.2) is 21.7 Å². The van der Waals surface area contributed by atoms with E-state index >= 15 is 0 Å². The Balaban J connectivity index is 2.02. The smallest absolute Gasteiger partial charge is 0.303 e. The maximum absolute atomic E-state index is 12.2. The molecule has 1 saturated heterocycles. The molecular formula is C13H17N3O5. The Labute approximate surface area is 120 Å². The van der Waals surface area contributed by atoms with Crippen molar-refractivity contribution in [2.24, 2.45) is 5.92 Å². The number of likely N-dealkylation sites (tertiary alicyclic amines) is 1. The lowest BCUT2D eigenvalue weighted by molar-refractivity contribution is -0.141. The summed E-state index contributed by atoms with van der Waals surface area (Å²) in [6.45, 7) is 0.673. The molecule has 1 aliphatic heterocycles. The zero-order chi connectivity index (χ0) is 15.4. The number of H-pyrrole nitrogens is 1. The number of aromatic amines is 1. The molecule has 8 nitrogen and oxygen atoms in total. The molecule has 0 spiro atoms. The van der Waals surface area contributed by atoms with Crippen molar-refractivity contribution in [1.82, 2.24) is 14.7 Å². The van der Waals surface area contributed by atoms with E-state index in [4.69, 9.17) is 5.11 Å². The molecule has 0 bridgehead atoms. The number of rotatable bonds is 4. The minimum atomic E-state index is -0.877. The maximum atomic E-state index is 12.2. The molecule has 0 aromatic carbocycles. The average molecular weight is 295 g/mol. The first-order chi connectivity index (χ1) is 9.95. The number of nitrogens with one attached hydrogen (secondary N) is 1. The molecule has 0 aliphatic carbocycles. The van der Waals surface area contributed by atoms with Crippen molar-refractivity contribution < 1.29 is 14.7 Å². The van der Waals surface area contributed by atoms with Crippen molar-refractivity contribution in [3.8, 4) is 0 Å². The maximum Gasteiger partial charge on any atom is 0.303 e. The van der Waals surface area contributed by atoms with E-state index in [1.807, 2.05) is 0 Å². The van der Waals surface area contributed by atoms with Gasteiger partial charge in [-0.25, -0.2) is 4.68 Å². The number of nitrogens with zero attached hydrogens (tertiary/aromatic N) is 2. The van der Waals surface area contributed by atoms with Crippen LogP contribution in [0.2, 0.25) is 0 Å². The quantitative estimate of drug-likeness (QED) is 0.759. The first-order valence-corrected chi connectivity index (χ1v) is 6.75. The van der Waals surface area contributed by atoms with E-state index in [1.165, 1.54) is 0 Å². The van der Waals surface area contributed by atoms with Crippen molar-refractivity contribution in [2.45, 2.75) is 25.8 Å². The molecule has 114 valence electrons. The third kappa shape index (κ3) is 4.04. The van der Waals surface area contributed by atoms with Crippen molar-refractivity contribution in [1.29, 1.82) is 0 Å². The highest BCUT2D eigenvalue weighted by Gasteiger charge is 2.25. The molecule has 2 rings (SSSR count). The molecule has 1 aromatic rings. The van der Waals surface area contributed by atoms with E-state index in [1.54, 1.807) is 4.90 Å². The minimum absolute atomic E-state index is 0.0336. The van der Waals surface area contributed by atoms with Crippen LogP contribution in [-0.4, -0.2) is 44.8 Å². The van der Waals surface area contributed by atoms with Gasteiger partial charge >= 0.3 is 5.97 Å². The fourth-order valence-corrected chi connectivity index (χ4v) is 2.52. The van der Waals surface area contributed by atoms with E-state index in [0.717, 1.165) is 29.7 Å². The highest BCUT2D eigenvalue weighted by Crippen LogP contribution is 2.19. The summed E-state index contributed by atoms with van der Waals surface area (Å²) in [5, 5.41) is 11.1. The molecule has 1 aromatic heterocycles. The van der Waals surface area contributed by atoms with Crippen LogP contribution in [0.4, 0.5) is 0 Å². The Morgan fingerprint density at radius 1 is 1.33 bits per heavy atom. The number of hydrogen-bond acceptors (Lipinski definition) is 4. The van der Waals surface area contributed by atoms with Gasteiger partial charge < -0.3 is 10.0 Å². The molecule has 2 N–H and O–H groups in total. The number of carboxylic acid groups (broad SMARTS) is 1. The molecule has 1 fully saturated rings. The normalized spacial score (nSPS) is 18.5. The second-order valence-electron chi connectivity index (χ2n) is 5.18. The van der Waals surface area contributed by atoms with Crippen molar-refractivity contribution in [3.05, 3.63) is 32.8 Å².